The van der Waals surface area contributed by atoms with Crippen molar-refractivity contribution < 1.29 is 39.3 Å². The van der Waals surface area contributed by atoms with Crippen LogP contribution in [0.1, 0.15) is 23.1 Å². The number of phenolic OH excluding ortho intramolecular Hbond substituents is 2. The number of benzene rings is 3. The van der Waals surface area contributed by atoms with E-state index in [1.165, 1.54) is 36.4 Å². The first-order chi connectivity index (χ1) is 20.9. The van der Waals surface area contributed by atoms with E-state index in [0.717, 1.165) is 0 Å². The molecular formula is C31H35N5O8. The van der Waals surface area contributed by atoms with Crippen LogP contribution in [0.3, 0.4) is 0 Å². The minimum Gasteiger partial charge on any atom is -0.508 e. The highest BCUT2D eigenvalue weighted by molar-refractivity contribution is 5.95. The van der Waals surface area contributed by atoms with E-state index in [9.17, 15) is 39.3 Å². The molecule has 3 aromatic rings. The summed E-state index contributed by atoms with van der Waals surface area (Å²) in [5.74, 6) is -4.72. The van der Waals surface area contributed by atoms with Crippen LogP contribution in [0, 0.1) is 0 Å². The number of nitrogens with one attached hydrogen (secondary N) is 3. The molecule has 0 aromatic heterocycles. The van der Waals surface area contributed by atoms with Gasteiger partial charge in [-0.25, -0.2) is 4.79 Å². The SMILES string of the molecule is NC(=O)CC(NC(=O)C(Cc1ccc(O)cc1)NC(=O)C(Cc1ccccc1)NC(=O)C(N)Cc1ccc(O)cc1)C(=O)O. The van der Waals surface area contributed by atoms with E-state index in [1.54, 1.807) is 42.5 Å². The van der Waals surface area contributed by atoms with Crippen LogP contribution in [-0.4, -0.2) is 69.1 Å². The Morgan fingerprint density at radius 1 is 0.591 bits per heavy atom. The third-order valence-corrected chi connectivity index (χ3v) is 6.67. The van der Waals surface area contributed by atoms with Crippen LogP contribution in [0.4, 0.5) is 0 Å². The van der Waals surface area contributed by atoms with Gasteiger partial charge in [-0.3, -0.25) is 19.2 Å². The number of nitrogens with two attached hydrogens (primary N) is 2. The standard InChI is InChI=1S/C31H35N5O8/c32-23(14-19-6-10-21(37)11-7-19)28(40)34-24(15-18-4-2-1-3-5-18)29(41)35-25(16-20-8-12-22(38)13-9-20)30(42)36-26(31(43)44)17-27(33)39/h1-13,23-26,37-38H,14-17,32H2,(H2,33,39)(H,34,40)(H,35,41)(H,36,42)(H,43,44). The summed E-state index contributed by atoms with van der Waals surface area (Å²) < 4.78 is 0. The van der Waals surface area contributed by atoms with Gasteiger partial charge in [0.1, 0.15) is 29.6 Å². The third kappa shape index (κ3) is 10.4. The van der Waals surface area contributed by atoms with Crippen molar-refractivity contribution in [2.45, 2.75) is 49.9 Å². The molecule has 3 rings (SSSR count). The van der Waals surface area contributed by atoms with Crippen LogP contribution in [0.5, 0.6) is 11.5 Å². The molecule has 13 nitrogen and oxygen atoms in total. The molecule has 13 heteroatoms. The molecule has 232 valence electrons. The predicted octanol–water partition coefficient (Wildman–Crippen LogP) is -0.133. The molecule has 44 heavy (non-hydrogen) atoms. The molecule has 0 saturated heterocycles. The minimum absolute atomic E-state index is 0.0273. The molecule has 0 aliphatic carbocycles. The van der Waals surface area contributed by atoms with E-state index in [2.05, 4.69) is 16.0 Å². The summed E-state index contributed by atoms with van der Waals surface area (Å²) in [4.78, 5) is 63.0. The van der Waals surface area contributed by atoms with Crippen LogP contribution in [0.15, 0.2) is 78.9 Å². The Balaban J connectivity index is 1.84. The summed E-state index contributed by atoms with van der Waals surface area (Å²) in [5.41, 5.74) is 13.2. The molecule has 0 saturated carbocycles. The summed E-state index contributed by atoms with van der Waals surface area (Å²) in [6.07, 6.45) is -0.634. The lowest BCUT2D eigenvalue weighted by atomic mass is 10.0. The zero-order valence-corrected chi connectivity index (χ0v) is 23.7. The van der Waals surface area contributed by atoms with Gasteiger partial charge < -0.3 is 42.7 Å². The van der Waals surface area contributed by atoms with Gasteiger partial charge in [0.15, 0.2) is 0 Å². The Kier molecular flexibility index (Phi) is 11.8. The zero-order chi connectivity index (χ0) is 32.2. The maximum absolute atomic E-state index is 13.7. The number of carboxylic acid groups (broad SMARTS) is 1. The van der Waals surface area contributed by atoms with Crippen molar-refractivity contribution in [3.05, 3.63) is 95.6 Å². The first kappa shape index (κ1) is 33.1. The molecule has 0 bridgehead atoms. The number of rotatable bonds is 15. The van der Waals surface area contributed by atoms with Gasteiger partial charge >= 0.3 is 5.97 Å². The smallest absolute Gasteiger partial charge is 0.326 e. The van der Waals surface area contributed by atoms with Crippen molar-refractivity contribution in [2.75, 3.05) is 0 Å². The molecule has 0 radical (unpaired) electrons. The van der Waals surface area contributed by atoms with Gasteiger partial charge in [-0.2, -0.15) is 0 Å². The lowest BCUT2D eigenvalue weighted by Crippen LogP contribution is -2.58. The monoisotopic (exact) mass is 605 g/mol. The van der Waals surface area contributed by atoms with E-state index in [1.807, 2.05) is 0 Å². The Morgan fingerprint density at radius 2 is 1.00 bits per heavy atom. The number of aliphatic carboxylic acids is 1. The first-order valence-electron chi connectivity index (χ1n) is 13.7. The number of phenols is 2. The molecular weight excluding hydrogens is 570 g/mol. The molecule has 0 spiro atoms. The fourth-order valence-corrected chi connectivity index (χ4v) is 4.34. The van der Waals surface area contributed by atoms with Gasteiger partial charge in [-0.05, 0) is 47.4 Å². The third-order valence-electron chi connectivity index (χ3n) is 6.67. The fraction of sp³-hybridized carbons (Fsp3) is 0.258. The second-order valence-corrected chi connectivity index (χ2v) is 10.2. The molecule has 3 aromatic carbocycles. The van der Waals surface area contributed by atoms with E-state index >= 15 is 0 Å². The molecule has 0 aliphatic heterocycles. The van der Waals surface area contributed by atoms with Gasteiger partial charge in [0.25, 0.3) is 0 Å². The van der Waals surface area contributed by atoms with Gasteiger partial charge in [0.05, 0.1) is 12.5 Å². The topological polar surface area (TPSA) is 234 Å². The van der Waals surface area contributed by atoms with E-state index in [-0.39, 0.29) is 30.8 Å². The molecule has 0 fully saturated rings. The number of amides is 4. The maximum Gasteiger partial charge on any atom is 0.326 e. The van der Waals surface area contributed by atoms with Crippen molar-refractivity contribution >= 4 is 29.6 Å². The molecule has 10 N–H and O–H groups in total. The van der Waals surface area contributed by atoms with Crippen molar-refractivity contribution in [1.29, 1.82) is 0 Å². The highest BCUT2D eigenvalue weighted by Crippen LogP contribution is 2.14. The predicted molar refractivity (Wildman–Crippen MR) is 159 cm³/mol. The summed E-state index contributed by atoms with van der Waals surface area (Å²) in [6, 6.07) is 15.5. The highest BCUT2D eigenvalue weighted by Gasteiger charge is 2.31. The van der Waals surface area contributed by atoms with Crippen molar-refractivity contribution in [2.24, 2.45) is 11.5 Å². The first-order valence-corrected chi connectivity index (χ1v) is 13.7. The summed E-state index contributed by atoms with van der Waals surface area (Å²) in [7, 11) is 0. The normalized spacial score (nSPS) is 13.5. The van der Waals surface area contributed by atoms with Crippen molar-refractivity contribution in [1.82, 2.24) is 16.0 Å². The lowest BCUT2D eigenvalue weighted by molar-refractivity contribution is -0.143. The quantitative estimate of drug-likeness (QED) is 0.115. The molecule has 0 heterocycles. The van der Waals surface area contributed by atoms with Crippen LogP contribution >= 0.6 is 0 Å². The second-order valence-electron chi connectivity index (χ2n) is 10.2. The van der Waals surface area contributed by atoms with Crippen LogP contribution in [0.2, 0.25) is 0 Å². The maximum atomic E-state index is 13.7. The van der Waals surface area contributed by atoms with Gasteiger partial charge in [-0.15, -0.1) is 0 Å². The van der Waals surface area contributed by atoms with Crippen molar-refractivity contribution in [3.63, 3.8) is 0 Å². The van der Waals surface area contributed by atoms with Gasteiger partial charge in [0.2, 0.25) is 23.6 Å². The number of carbonyl (C=O) groups excluding carboxylic acids is 4. The van der Waals surface area contributed by atoms with Crippen LogP contribution in [0.25, 0.3) is 0 Å². The van der Waals surface area contributed by atoms with Crippen LogP contribution in [-0.2, 0) is 43.2 Å². The highest BCUT2D eigenvalue weighted by atomic mass is 16.4. The van der Waals surface area contributed by atoms with Gasteiger partial charge in [0, 0.05) is 12.8 Å². The largest absolute Gasteiger partial charge is 0.508 e. The second kappa shape index (κ2) is 15.7. The minimum atomic E-state index is -1.64. The Morgan fingerprint density at radius 3 is 1.45 bits per heavy atom. The number of hydrogen-bond acceptors (Lipinski definition) is 8. The van der Waals surface area contributed by atoms with E-state index in [0.29, 0.717) is 16.7 Å². The Bertz CT molecular complexity index is 1450. The molecule has 4 unspecified atom stereocenters. The summed E-state index contributed by atoms with van der Waals surface area (Å²) >= 11 is 0. The average Bonchev–Trinajstić information content (AvgIpc) is 2.98. The van der Waals surface area contributed by atoms with Crippen LogP contribution < -0.4 is 27.4 Å². The summed E-state index contributed by atoms with van der Waals surface area (Å²) in [6.45, 7) is 0. The molecule has 0 aliphatic rings. The number of carboxylic acids is 1. The van der Waals surface area contributed by atoms with Crippen molar-refractivity contribution in [3.8, 4) is 11.5 Å². The zero-order valence-electron chi connectivity index (χ0n) is 23.7. The van der Waals surface area contributed by atoms with Gasteiger partial charge in [-0.1, -0.05) is 54.6 Å². The van der Waals surface area contributed by atoms with E-state index in [4.69, 9.17) is 11.5 Å². The average molecular weight is 606 g/mol. The number of primary amides is 1. The Labute approximate surface area is 253 Å². The number of carbonyl (C=O) groups is 5. The fourth-order valence-electron chi connectivity index (χ4n) is 4.34. The number of aromatic hydroxyl groups is 2. The van der Waals surface area contributed by atoms with E-state index < -0.39 is 60.2 Å². The number of hydrogen-bond donors (Lipinski definition) is 8. The summed E-state index contributed by atoms with van der Waals surface area (Å²) in [5, 5.41) is 36.1. The Hall–Kier alpha value is -5.43. The molecule has 4 amide bonds. The lowest BCUT2D eigenvalue weighted by Gasteiger charge is -2.25. The molecule has 4 atom stereocenters.